The number of thioether (sulfide) groups is 1. The highest BCUT2D eigenvalue weighted by Gasteiger charge is 2.11. The van der Waals surface area contributed by atoms with Crippen LogP contribution in [0.25, 0.3) is 0 Å². The largest absolute Gasteiger partial charge is 0.492 e. The average Bonchev–Trinajstić information content (AvgIpc) is 2.58. The van der Waals surface area contributed by atoms with Gasteiger partial charge in [-0.1, -0.05) is 18.2 Å². The van der Waals surface area contributed by atoms with Crippen molar-refractivity contribution in [3.8, 4) is 11.5 Å². The van der Waals surface area contributed by atoms with Gasteiger partial charge in [-0.2, -0.15) is 0 Å². The molecule has 5 nitrogen and oxygen atoms in total. The van der Waals surface area contributed by atoms with Crippen molar-refractivity contribution in [2.24, 2.45) is 5.73 Å². The molecule has 0 aliphatic heterocycles. The van der Waals surface area contributed by atoms with Crippen LogP contribution in [0.5, 0.6) is 11.5 Å². The second-order valence-corrected chi connectivity index (χ2v) is 5.75. The molecule has 2 N–H and O–H groups in total. The van der Waals surface area contributed by atoms with E-state index in [-0.39, 0.29) is 6.79 Å². The van der Waals surface area contributed by atoms with Crippen LogP contribution in [0.15, 0.2) is 53.4 Å². The first-order chi connectivity index (χ1) is 11.2. The average molecular weight is 333 g/mol. The van der Waals surface area contributed by atoms with Gasteiger partial charge in [-0.25, -0.2) is 0 Å². The monoisotopic (exact) mass is 333 g/mol. The molecule has 1 amide bonds. The van der Waals surface area contributed by atoms with E-state index in [4.69, 9.17) is 19.9 Å². The molecule has 0 bridgehead atoms. The summed E-state index contributed by atoms with van der Waals surface area (Å²) in [5, 5.41) is 0. The normalized spacial score (nSPS) is 10.3. The van der Waals surface area contributed by atoms with Gasteiger partial charge >= 0.3 is 0 Å². The quantitative estimate of drug-likeness (QED) is 0.434. The topological polar surface area (TPSA) is 70.8 Å². The zero-order valence-corrected chi connectivity index (χ0v) is 13.7. The molecule has 0 saturated heterocycles. The molecule has 2 aromatic carbocycles. The lowest BCUT2D eigenvalue weighted by Crippen LogP contribution is -2.14. The number of carbonyl (C=O) groups excluding carboxylic acids is 1. The molecule has 0 unspecified atom stereocenters. The third-order valence-corrected chi connectivity index (χ3v) is 3.89. The third kappa shape index (κ3) is 5.50. The molecule has 0 spiro atoms. The van der Waals surface area contributed by atoms with Gasteiger partial charge in [0.25, 0.3) is 5.91 Å². The number of amides is 1. The number of ether oxygens (including phenoxy) is 3. The van der Waals surface area contributed by atoms with Crippen molar-refractivity contribution in [2.75, 3.05) is 26.3 Å². The van der Waals surface area contributed by atoms with Gasteiger partial charge in [0.05, 0.1) is 12.2 Å². The molecule has 0 aliphatic carbocycles. The second kappa shape index (κ2) is 9.07. The number of hydrogen-bond acceptors (Lipinski definition) is 5. The van der Waals surface area contributed by atoms with Gasteiger partial charge in [0, 0.05) is 17.8 Å². The predicted molar refractivity (Wildman–Crippen MR) is 90.1 cm³/mol. The Labute approximate surface area is 139 Å². The minimum Gasteiger partial charge on any atom is -0.492 e. The van der Waals surface area contributed by atoms with Crippen LogP contribution in [0.4, 0.5) is 0 Å². The first-order valence-electron chi connectivity index (χ1n) is 7.07. The summed E-state index contributed by atoms with van der Waals surface area (Å²) in [6, 6.07) is 15.0. The maximum absolute atomic E-state index is 11.6. The summed E-state index contributed by atoms with van der Waals surface area (Å²) < 4.78 is 15.8. The van der Waals surface area contributed by atoms with Crippen LogP contribution < -0.4 is 15.2 Å². The lowest BCUT2D eigenvalue weighted by atomic mass is 10.2. The Bertz CT molecular complexity index is 634. The fourth-order valence-electron chi connectivity index (χ4n) is 1.87. The molecule has 0 saturated carbocycles. The maximum Gasteiger partial charge on any atom is 0.252 e. The fourth-order valence-corrected chi connectivity index (χ4v) is 2.62. The van der Waals surface area contributed by atoms with Gasteiger partial charge < -0.3 is 19.9 Å². The van der Waals surface area contributed by atoms with Crippen molar-refractivity contribution in [1.82, 2.24) is 0 Å². The van der Waals surface area contributed by atoms with E-state index in [1.807, 2.05) is 30.3 Å². The van der Waals surface area contributed by atoms with E-state index < -0.39 is 5.91 Å². The molecule has 0 aromatic heterocycles. The van der Waals surface area contributed by atoms with Gasteiger partial charge in [0.1, 0.15) is 11.5 Å². The number of methoxy groups -OCH3 is 1. The number of primary amides is 1. The number of benzene rings is 2. The van der Waals surface area contributed by atoms with Crippen molar-refractivity contribution < 1.29 is 19.0 Å². The molecule has 2 aromatic rings. The van der Waals surface area contributed by atoms with Gasteiger partial charge in [-0.05, 0) is 30.3 Å². The Morgan fingerprint density at radius 2 is 1.91 bits per heavy atom. The highest BCUT2D eigenvalue weighted by atomic mass is 32.2. The highest BCUT2D eigenvalue weighted by molar-refractivity contribution is 7.99. The van der Waals surface area contributed by atoms with Gasteiger partial charge in [0.2, 0.25) is 0 Å². The summed E-state index contributed by atoms with van der Waals surface area (Å²) in [7, 11) is 1.52. The van der Waals surface area contributed by atoms with Gasteiger partial charge in [-0.3, -0.25) is 4.79 Å². The first-order valence-corrected chi connectivity index (χ1v) is 8.05. The van der Waals surface area contributed by atoms with Crippen molar-refractivity contribution >= 4 is 17.7 Å². The summed E-state index contributed by atoms with van der Waals surface area (Å²) in [5.41, 5.74) is 5.69. The fraction of sp³-hybridized carbons (Fsp3) is 0.235. The Balaban J connectivity index is 1.92. The van der Waals surface area contributed by atoms with Gasteiger partial charge in [0.15, 0.2) is 6.79 Å². The van der Waals surface area contributed by atoms with Crippen LogP contribution in [-0.2, 0) is 4.74 Å². The summed E-state index contributed by atoms with van der Waals surface area (Å²) >= 11 is 1.69. The zero-order chi connectivity index (χ0) is 16.5. The van der Waals surface area contributed by atoms with E-state index in [0.29, 0.717) is 23.7 Å². The van der Waals surface area contributed by atoms with Gasteiger partial charge in [-0.15, -0.1) is 11.8 Å². The summed E-state index contributed by atoms with van der Waals surface area (Å²) in [6.45, 7) is 0.574. The molecular weight excluding hydrogens is 314 g/mol. The third-order valence-electron chi connectivity index (χ3n) is 2.91. The molecule has 0 aliphatic rings. The SMILES string of the molecule is COCOc1ccc(OCCSc2ccccc2)c(C(N)=O)c1. The predicted octanol–water partition coefficient (Wildman–Crippen LogP) is 2.94. The minimum atomic E-state index is -0.557. The van der Waals surface area contributed by atoms with Crippen LogP contribution in [0.3, 0.4) is 0 Å². The van der Waals surface area contributed by atoms with E-state index >= 15 is 0 Å². The van der Waals surface area contributed by atoms with Crippen molar-refractivity contribution in [2.45, 2.75) is 4.90 Å². The van der Waals surface area contributed by atoms with E-state index in [9.17, 15) is 4.79 Å². The molecule has 23 heavy (non-hydrogen) atoms. The van der Waals surface area contributed by atoms with Crippen LogP contribution >= 0.6 is 11.8 Å². The van der Waals surface area contributed by atoms with Crippen LogP contribution in [0.1, 0.15) is 10.4 Å². The molecule has 0 radical (unpaired) electrons. The summed E-state index contributed by atoms with van der Waals surface area (Å²) in [4.78, 5) is 12.7. The summed E-state index contributed by atoms with van der Waals surface area (Å²) in [5.74, 6) is 1.17. The zero-order valence-electron chi connectivity index (χ0n) is 12.9. The molecule has 122 valence electrons. The van der Waals surface area contributed by atoms with E-state index in [2.05, 4.69) is 0 Å². The smallest absolute Gasteiger partial charge is 0.252 e. The molecule has 6 heteroatoms. The maximum atomic E-state index is 11.6. The molecule has 0 heterocycles. The minimum absolute atomic E-state index is 0.103. The number of rotatable bonds is 9. The molecule has 0 fully saturated rings. The Hall–Kier alpha value is -2.18. The first kappa shape index (κ1) is 17.2. The number of hydrogen-bond donors (Lipinski definition) is 1. The lowest BCUT2D eigenvalue weighted by molar-refractivity contribution is 0.0509. The van der Waals surface area contributed by atoms with Crippen LogP contribution in [-0.4, -0.2) is 32.2 Å². The van der Waals surface area contributed by atoms with Crippen molar-refractivity contribution in [1.29, 1.82) is 0 Å². The Kier molecular flexibility index (Phi) is 6.77. The summed E-state index contributed by atoms with van der Waals surface area (Å²) in [6.07, 6.45) is 0. The molecule has 0 atom stereocenters. The molecule has 2 rings (SSSR count). The van der Waals surface area contributed by atoms with Crippen LogP contribution in [0.2, 0.25) is 0 Å². The second-order valence-electron chi connectivity index (χ2n) is 4.58. The Morgan fingerprint density at radius 1 is 1.13 bits per heavy atom. The number of carbonyl (C=O) groups is 1. The van der Waals surface area contributed by atoms with E-state index in [0.717, 1.165) is 5.75 Å². The lowest BCUT2D eigenvalue weighted by Gasteiger charge is -2.12. The van der Waals surface area contributed by atoms with Crippen LogP contribution in [0, 0.1) is 0 Å². The van der Waals surface area contributed by atoms with Crippen molar-refractivity contribution in [3.05, 3.63) is 54.1 Å². The van der Waals surface area contributed by atoms with E-state index in [1.165, 1.54) is 12.0 Å². The van der Waals surface area contributed by atoms with E-state index in [1.54, 1.807) is 30.0 Å². The highest BCUT2D eigenvalue weighted by Crippen LogP contribution is 2.25. The molecular formula is C17H19NO4S. The Morgan fingerprint density at radius 3 is 2.61 bits per heavy atom. The number of nitrogens with two attached hydrogens (primary N) is 1. The van der Waals surface area contributed by atoms with Crippen molar-refractivity contribution in [3.63, 3.8) is 0 Å². The standard InChI is InChI=1S/C17H19NO4S/c1-20-12-22-13-7-8-16(15(11-13)17(18)19)21-9-10-23-14-5-3-2-4-6-14/h2-8,11H,9-10,12H2,1H3,(H2,18,19).